The van der Waals surface area contributed by atoms with Gasteiger partial charge in [0.05, 0.1) is 11.5 Å². The minimum absolute atomic E-state index is 0.0242. The molecule has 0 saturated carbocycles. The Labute approximate surface area is 241 Å². The monoisotopic (exact) mass is 604 g/mol. The van der Waals surface area contributed by atoms with Crippen LogP contribution in [0.25, 0.3) is 0 Å². The number of hydrogen-bond donors (Lipinski definition) is 4. The van der Waals surface area contributed by atoms with E-state index in [-0.39, 0.29) is 24.4 Å². The predicted molar refractivity (Wildman–Crippen MR) is 158 cm³/mol. The van der Waals surface area contributed by atoms with Crippen molar-refractivity contribution in [2.75, 3.05) is 26.2 Å². The second kappa shape index (κ2) is 15.3. The summed E-state index contributed by atoms with van der Waals surface area (Å²) in [5.41, 5.74) is 11.5. The summed E-state index contributed by atoms with van der Waals surface area (Å²) in [5, 5.41) is 14.9. The van der Waals surface area contributed by atoms with Crippen LogP contribution in [0, 0.1) is 17.3 Å². The van der Waals surface area contributed by atoms with Crippen LogP contribution in [0.4, 0.5) is 0 Å². The molecule has 0 fully saturated rings. The van der Waals surface area contributed by atoms with Crippen LogP contribution in [0.1, 0.15) is 58.9 Å². The van der Waals surface area contributed by atoms with Gasteiger partial charge in [-0.25, -0.2) is 0 Å². The molecule has 9 heteroatoms. The molecule has 0 aliphatic heterocycles. The highest BCUT2D eigenvalue weighted by Crippen LogP contribution is 2.44. The molecule has 1 aliphatic carbocycles. The van der Waals surface area contributed by atoms with Crippen molar-refractivity contribution in [2.45, 2.75) is 65.9 Å². The van der Waals surface area contributed by atoms with Crippen LogP contribution in [0.5, 0.6) is 0 Å². The molecule has 1 unspecified atom stereocenters. The molecule has 6 N–H and O–H groups in total. The largest absolute Gasteiger partial charge is 0.391 e. The van der Waals surface area contributed by atoms with Crippen LogP contribution in [-0.4, -0.2) is 60.0 Å². The summed E-state index contributed by atoms with van der Waals surface area (Å²) in [5.74, 6) is -1.95. The van der Waals surface area contributed by atoms with Gasteiger partial charge in [-0.05, 0) is 68.3 Å². The van der Waals surface area contributed by atoms with E-state index in [2.05, 4.69) is 35.1 Å². The quantitative estimate of drug-likeness (QED) is 0.214. The van der Waals surface area contributed by atoms with Gasteiger partial charge >= 0.3 is 0 Å². The summed E-state index contributed by atoms with van der Waals surface area (Å²) in [6, 6.07) is 7.62. The van der Waals surface area contributed by atoms with E-state index in [0.29, 0.717) is 37.5 Å². The molecule has 1 aliphatic rings. The number of carbonyl (C=O) groups is 3. The van der Waals surface area contributed by atoms with E-state index >= 15 is 0 Å². The number of nitrogens with two attached hydrogens (primary N) is 2. The number of aliphatic hydroxyl groups is 1. The first kappa shape index (κ1) is 32.7. The van der Waals surface area contributed by atoms with E-state index in [1.165, 1.54) is 12.2 Å². The molecule has 0 bridgehead atoms. The van der Waals surface area contributed by atoms with Gasteiger partial charge in [0.15, 0.2) is 0 Å². The fraction of sp³-hybridized carbons (Fsp3) is 0.567. The van der Waals surface area contributed by atoms with Crippen molar-refractivity contribution < 1.29 is 19.5 Å². The average Bonchev–Trinajstić information content (AvgIpc) is 2.88. The van der Waals surface area contributed by atoms with E-state index < -0.39 is 29.3 Å². The maximum atomic E-state index is 13.7. The number of benzene rings is 1. The number of nitrogens with one attached hydrogen (secondary N) is 1. The zero-order valence-corrected chi connectivity index (χ0v) is 25.3. The molecule has 39 heavy (non-hydrogen) atoms. The van der Waals surface area contributed by atoms with Gasteiger partial charge < -0.3 is 26.8 Å². The second-order valence-electron chi connectivity index (χ2n) is 10.9. The van der Waals surface area contributed by atoms with Crippen LogP contribution < -0.4 is 16.8 Å². The highest BCUT2D eigenvalue weighted by Gasteiger charge is 2.49. The molecule has 0 saturated heterocycles. The normalized spacial score (nSPS) is 18.7. The first-order chi connectivity index (χ1) is 18.4. The van der Waals surface area contributed by atoms with Crippen LogP contribution in [0.2, 0.25) is 0 Å². The summed E-state index contributed by atoms with van der Waals surface area (Å²) in [4.78, 5) is 41.3. The van der Waals surface area contributed by atoms with E-state index in [1.54, 1.807) is 4.90 Å². The van der Waals surface area contributed by atoms with Gasteiger partial charge in [0.25, 0.3) is 0 Å². The molecule has 216 valence electrons. The number of primary amides is 2. The van der Waals surface area contributed by atoms with Crippen molar-refractivity contribution in [1.29, 1.82) is 0 Å². The molecule has 3 atom stereocenters. The summed E-state index contributed by atoms with van der Waals surface area (Å²) in [7, 11) is 0. The van der Waals surface area contributed by atoms with Crippen molar-refractivity contribution in [3.63, 3.8) is 0 Å². The highest BCUT2D eigenvalue weighted by atomic mass is 79.9. The van der Waals surface area contributed by atoms with Crippen molar-refractivity contribution in [3.05, 3.63) is 57.6 Å². The van der Waals surface area contributed by atoms with Crippen LogP contribution in [-0.2, 0) is 20.8 Å². The Morgan fingerprint density at radius 3 is 2.36 bits per heavy atom. The molecule has 2 rings (SSSR count). The van der Waals surface area contributed by atoms with Gasteiger partial charge in [-0.2, -0.15) is 0 Å². The average molecular weight is 606 g/mol. The van der Waals surface area contributed by atoms with Crippen molar-refractivity contribution in [1.82, 2.24) is 10.2 Å². The Morgan fingerprint density at radius 1 is 1.15 bits per heavy atom. The Balaban J connectivity index is 2.59. The fourth-order valence-corrected chi connectivity index (χ4v) is 5.65. The number of hydrogen-bond acceptors (Lipinski definition) is 5. The maximum absolute atomic E-state index is 13.7. The molecule has 0 spiro atoms. The first-order valence-corrected chi connectivity index (χ1v) is 14.7. The molecule has 8 nitrogen and oxygen atoms in total. The Kier molecular flexibility index (Phi) is 12.9. The van der Waals surface area contributed by atoms with Crippen LogP contribution in [0.15, 0.2) is 52.0 Å². The zero-order chi connectivity index (χ0) is 29.2. The lowest BCUT2D eigenvalue weighted by molar-refractivity contribution is -0.132. The standard InChI is InChI=1S/C30H45BrN4O4/c1-5-12-35(13-6-2)28(38)23-16-22(27(32)37)17-30(18-23,29(33)39)25(15-21-8-7-9-24(31)14-21)26(36)19-34-11-10-20(3)4/h7-9,14,16-17,20,25-26,34,36H,5-6,10-13,15,18-19H2,1-4H3,(H2,32,37)(H2,33,39)/t25-,26+,30?/m1/s1. The summed E-state index contributed by atoms with van der Waals surface area (Å²) < 4.78 is 0.860. The second-order valence-corrected chi connectivity index (χ2v) is 11.8. The van der Waals surface area contributed by atoms with Gasteiger partial charge in [-0.3, -0.25) is 14.4 Å². The van der Waals surface area contributed by atoms with Gasteiger partial charge in [0.2, 0.25) is 17.7 Å². The summed E-state index contributed by atoms with van der Waals surface area (Å²) in [6.07, 6.45) is 4.71. The van der Waals surface area contributed by atoms with Gasteiger partial charge in [-0.1, -0.05) is 61.8 Å². The zero-order valence-electron chi connectivity index (χ0n) is 23.7. The van der Waals surface area contributed by atoms with E-state index in [0.717, 1.165) is 29.3 Å². The number of halogens is 1. The van der Waals surface area contributed by atoms with Crippen molar-refractivity contribution >= 4 is 33.7 Å². The lowest BCUT2D eigenvalue weighted by Crippen LogP contribution is -2.52. The van der Waals surface area contributed by atoms with Crippen molar-refractivity contribution in [3.8, 4) is 0 Å². The number of nitrogens with zero attached hydrogens (tertiary/aromatic N) is 1. The summed E-state index contributed by atoms with van der Waals surface area (Å²) >= 11 is 3.50. The summed E-state index contributed by atoms with van der Waals surface area (Å²) in [6.45, 7) is 10.3. The maximum Gasteiger partial charge on any atom is 0.249 e. The molecule has 0 heterocycles. The lowest BCUT2D eigenvalue weighted by Gasteiger charge is -2.42. The topological polar surface area (TPSA) is 139 Å². The number of aliphatic hydroxyl groups excluding tert-OH is 1. The molecule has 1 aromatic rings. The minimum atomic E-state index is -1.50. The molecule has 3 amide bonds. The third-order valence-corrected chi connectivity index (χ3v) is 7.73. The SMILES string of the molecule is CCCN(CCC)C(=O)C1=CC(C(N)=O)=CC(C(N)=O)([C@H](Cc2cccc(Br)c2)[C@@H](O)CNCCC(C)C)C1. The van der Waals surface area contributed by atoms with Gasteiger partial charge in [0.1, 0.15) is 0 Å². The Bertz CT molecular complexity index is 1060. The Hall–Kier alpha value is -2.49. The Morgan fingerprint density at radius 2 is 1.82 bits per heavy atom. The molecular weight excluding hydrogens is 560 g/mol. The smallest absolute Gasteiger partial charge is 0.249 e. The minimum Gasteiger partial charge on any atom is -0.391 e. The molecule has 0 radical (unpaired) electrons. The van der Waals surface area contributed by atoms with Gasteiger partial charge in [0, 0.05) is 41.2 Å². The van der Waals surface area contributed by atoms with Crippen molar-refractivity contribution in [2.24, 2.45) is 28.7 Å². The molecule has 1 aromatic carbocycles. The number of carbonyl (C=O) groups excluding carboxylic acids is 3. The van der Waals surface area contributed by atoms with Crippen LogP contribution >= 0.6 is 15.9 Å². The lowest BCUT2D eigenvalue weighted by atomic mass is 9.63. The van der Waals surface area contributed by atoms with E-state index in [1.807, 2.05) is 38.1 Å². The first-order valence-electron chi connectivity index (χ1n) is 13.9. The van der Waals surface area contributed by atoms with Crippen LogP contribution in [0.3, 0.4) is 0 Å². The fourth-order valence-electron chi connectivity index (χ4n) is 5.20. The predicted octanol–water partition coefficient (Wildman–Crippen LogP) is 3.47. The molecular formula is C30H45BrN4O4. The number of rotatable bonds is 16. The number of amides is 3. The molecule has 0 aromatic heterocycles. The highest BCUT2D eigenvalue weighted by molar-refractivity contribution is 9.10. The third-order valence-electron chi connectivity index (χ3n) is 7.24. The van der Waals surface area contributed by atoms with E-state index in [4.69, 9.17) is 11.5 Å². The third kappa shape index (κ3) is 9.01. The van der Waals surface area contributed by atoms with Gasteiger partial charge in [-0.15, -0.1) is 0 Å². The van der Waals surface area contributed by atoms with E-state index in [9.17, 15) is 19.5 Å².